The molecule has 0 saturated carbocycles. The average Bonchev–Trinajstić information content (AvgIpc) is 3.51. The third kappa shape index (κ3) is 7.09. The Labute approximate surface area is 277 Å². The molecule has 0 unspecified atom stereocenters. The first-order chi connectivity index (χ1) is 21.1. The first kappa shape index (κ1) is 31.2. The van der Waals surface area contributed by atoms with Crippen molar-refractivity contribution in [3.05, 3.63) is 151 Å². The molecule has 0 aliphatic carbocycles. The zero-order valence-corrected chi connectivity index (χ0v) is 28.0. The van der Waals surface area contributed by atoms with Crippen molar-refractivity contribution < 1.29 is 20.1 Å². The Bertz CT molecular complexity index is 1900. The second kappa shape index (κ2) is 14.5. The summed E-state index contributed by atoms with van der Waals surface area (Å²) in [7, 11) is 0. The first-order valence-corrected chi connectivity index (χ1v) is 15.2. The molecular formula is C39H31IrN3S-2. The van der Waals surface area contributed by atoms with E-state index in [1.165, 1.54) is 22.3 Å². The van der Waals surface area contributed by atoms with E-state index in [2.05, 4.69) is 105 Å². The summed E-state index contributed by atoms with van der Waals surface area (Å²) in [6.45, 7) is 6.57. The van der Waals surface area contributed by atoms with E-state index in [0.717, 1.165) is 43.3 Å². The number of fused-ring (bicyclic) bond motifs is 1. The smallest absolute Gasteiger partial charge is 0.113 e. The van der Waals surface area contributed by atoms with Crippen molar-refractivity contribution in [1.29, 1.82) is 0 Å². The van der Waals surface area contributed by atoms with Crippen molar-refractivity contribution in [1.82, 2.24) is 15.0 Å². The minimum atomic E-state index is 0. The largest absolute Gasteiger partial charge is 0.305 e. The molecule has 3 heterocycles. The molecule has 0 spiro atoms. The molecule has 0 amide bonds. The molecule has 7 rings (SSSR count). The Morgan fingerprint density at radius 1 is 0.705 bits per heavy atom. The van der Waals surface area contributed by atoms with E-state index >= 15 is 0 Å². The number of hydrogen-bond donors (Lipinski definition) is 0. The van der Waals surface area contributed by atoms with Gasteiger partial charge >= 0.3 is 0 Å². The summed E-state index contributed by atoms with van der Waals surface area (Å²) in [6, 6.07) is 45.7. The number of benzene rings is 4. The van der Waals surface area contributed by atoms with Gasteiger partial charge in [-0.05, 0) is 57.2 Å². The van der Waals surface area contributed by atoms with E-state index in [1.807, 2.05) is 54.7 Å². The molecule has 5 heteroatoms. The monoisotopic (exact) mass is 766 g/mol. The fourth-order valence-corrected chi connectivity index (χ4v) is 6.08. The molecule has 0 atom stereocenters. The van der Waals surface area contributed by atoms with Crippen LogP contribution in [0.1, 0.15) is 30.9 Å². The number of rotatable bonds is 5. The third-order valence-electron chi connectivity index (χ3n) is 7.21. The van der Waals surface area contributed by atoms with Crippen molar-refractivity contribution in [3.8, 4) is 44.2 Å². The maximum absolute atomic E-state index is 4.97. The van der Waals surface area contributed by atoms with Crippen molar-refractivity contribution in [2.45, 2.75) is 26.7 Å². The molecule has 0 aliphatic heterocycles. The van der Waals surface area contributed by atoms with Gasteiger partial charge in [0, 0.05) is 38.1 Å². The zero-order valence-electron chi connectivity index (χ0n) is 24.8. The number of thiazole rings is 1. The van der Waals surface area contributed by atoms with Crippen LogP contribution >= 0.6 is 11.3 Å². The summed E-state index contributed by atoms with van der Waals surface area (Å²) in [5, 5.41) is 1.01. The minimum Gasteiger partial charge on any atom is -0.305 e. The van der Waals surface area contributed by atoms with Gasteiger partial charge in [-0.3, -0.25) is 4.98 Å². The summed E-state index contributed by atoms with van der Waals surface area (Å²) in [5.41, 5.74) is 10.9. The van der Waals surface area contributed by atoms with Crippen LogP contribution in [-0.2, 0) is 20.1 Å². The summed E-state index contributed by atoms with van der Waals surface area (Å²) in [5.74, 6) is 0.447. The fourth-order valence-electron chi connectivity index (χ4n) is 5.02. The molecule has 3 nitrogen and oxygen atoms in total. The standard InChI is InChI=1S/C28H23N2S.C11H8N.Ir/c1-18(2)23-16-25(29-17-19(23)3)22-14-24(20-10-6-4-7-11-20)27-26(15-22)30-28(31-27)21-12-8-5-9-13-21;1-2-6-10(7-3-1)11-8-4-5-9-12-11;/h4-14,16-18H,1-3H3;1-6,8-9H;/q2*-1;. The second-order valence-corrected chi connectivity index (χ2v) is 11.6. The molecule has 0 aliphatic rings. The summed E-state index contributed by atoms with van der Waals surface area (Å²) in [6.07, 6.45) is 3.76. The van der Waals surface area contributed by atoms with Gasteiger partial charge < -0.3 is 9.97 Å². The quantitative estimate of drug-likeness (QED) is 0.164. The number of aromatic nitrogens is 3. The van der Waals surface area contributed by atoms with E-state index in [4.69, 9.17) is 9.97 Å². The van der Waals surface area contributed by atoms with Gasteiger partial charge in [0.1, 0.15) is 5.01 Å². The molecule has 0 saturated heterocycles. The van der Waals surface area contributed by atoms with E-state index in [0.29, 0.717) is 5.92 Å². The molecule has 0 bridgehead atoms. The van der Waals surface area contributed by atoms with E-state index in [1.54, 1.807) is 17.5 Å². The van der Waals surface area contributed by atoms with E-state index in [-0.39, 0.29) is 20.1 Å². The Morgan fingerprint density at radius 3 is 2.07 bits per heavy atom. The maximum Gasteiger partial charge on any atom is 0.113 e. The van der Waals surface area contributed by atoms with E-state index in [9.17, 15) is 0 Å². The molecule has 1 radical (unpaired) electrons. The van der Waals surface area contributed by atoms with Crippen molar-refractivity contribution in [2.24, 2.45) is 0 Å². The summed E-state index contributed by atoms with van der Waals surface area (Å²) in [4.78, 5) is 13.9. The van der Waals surface area contributed by atoms with Crippen LogP contribution in [0.15, 0.2) is 128 Å². The van der Waals surface area contributed by atoms with Crippen LogP contribution in [0.5, 0.6) is 0 Å². The Kier molecular flexibility index (Phi) is 10.2. The fraction of sp³-hybridized carbons (Fsp3) is 0.103. The first-order valence-electron chi connectivity index (χ1n) is 14.4. The number of pyridine rings is 2. The molecule has 219 valence electrons. The topological polar surface area (TPSA) is 38.7 Å². The maximum atomic E-state index is 4.97. The van der Waals surface area contributed by atoms with Gasteiger partial charge in [0.25, 0.3) is 0 Å². The van der Waals surface area contributed by atoms with Crippen LogP contribution in [0, 0.1) is 19.1 Å². The number of hydrogen-bond acceptors (Lipinski definition) is 4. The minimum absolute atomic E-state index is 0. The molecule has 0 N–H and O–H groups in total. The molecule has 3 aromatic heterocycles. The van der Waals surface area contributed by atoms with Crippen LogP contribution in [-0.4, -0.2) is 15.0 Å². The molecule has 0 fully saturated rings. The summed E-state index contributed by atoms with van der Waals surface area (Å²) >= 11 is 1.72. The van der Waals surface area contributed by atoms with Crippen molar-refractivity contribution in [2.75, 3.05) is 0 Å². The Balaban J connectivity index is 0.000000248. The normalized spacial score (nSPS) is 10.6. The van der Waals surface area contributed by atoms with Crippen LogP contribution in [0.2, 0.25) is 0 Å². The van der Waals surface area contributed by atoms with Crippen molar-refractivity contribution in [3.63, 3.8) is 0 Å². The van der Waals surface area contributed by atoms with Gasteiger partial charge in [-0.15, -0.1) is 53.6 Å². The predicted octanol–water partition coefficient (Wildman–Crippen LogP) is 10.5. The average molecular weight is 766 g/mol. The van der Waals surface area contributed by atoms with Gasteiger partial charge in [-0.1, -0.05) is 98.3 Å². The molecular weight excluding hydrogens is 735 g/mol. The second-order valence-electron chi connectivity index (χ2n) is 10.6. The molecule has 4 aromatic carbocycles. The third-order valence-corrected chi connectivity index (χ3v) is 8.35. The molecule has 44 heavy (non-hydrogen) atoms. The SMILES string of the molecule is Cc1cnc(-c2[c-]c3nc(-c4ccccc4)sc3c(-c3ccccc3)c2)cc1C(C)C.[Ir].[c-]1ccccc1-c1ccccn1. The number of nitrogens with zero attached hydrogens (tertiary/aromatic N) is 3. The van der Waals surface area contributed by atoms with Gasteiger partial charge in [0.2, 0.25) is 0 Å². The van der Waals surface area contributed by atoms with Gasteiger partial charge in [0.05, 0.1) is 0 Å². The van der Waals surface area contributed by atoms with Crippen LogP contribution in [0.3, 0.4) is 0 Å². The zero-order chi connectivity index (χ0) is 29.6. The van der Waals surface area contributed by atoms with Gasteiger partial charge in [-0.2, -0.15) is 11.3 Å². The Hall–Kier alpha value is -4.28. The van der Waals surface area contributed by atoms with Gasteiger partial charge in [0.15, 0.2) is 0 Å². The van der Waals surface area contributed by atoms with Crippen LogP contribution < -0.4 is 0 Å². The van der Waals surface area contributed by atoms with Crippen LogP contribution in [0.25, 0.3) is 54.4 Å². The molecule has 7 aromatic rings. The van der Waals surface area contributed by atoms with Crippen LogP contribution in [0.4, 0.5) is 0 Å². The summed E-state index contributed by atoms with van der Waals surface area (Å²) < 4.78 is 1.16. The van der Waals surface area contributed by atoms with E-state index < -0.39 is 0 Å². The number of aryl methyl sites for hydroxylation is 1. The Morgan fingerprint density at radius 2 is 1.41 bits per heavy atom. The predicted molar refractivity (Wildman–Crippen MR) is 180 cm³/mol. The van der Waals surface area contributed by atoms with Crippen molar-refractivity contribution >= 4 is 21.6 Å². The van der Waals surface area contributed by atoms with Gasteiger partial charge in [-0.25, -0.2) is 0 Å².